The monoisotopic (exact) mass is 469 g/mol. The van der Waals surface area contributed by atoms with Gasteiger partial charge in [0.1, 0.15) is 0 Å². The molecule has 2 heterocycles. The summed E-state index contributed by atoms with van der Waals surface area (Å²) < 4.78 is 67.2. The Morgan fingerprint density at radius 3 is 2.25 bits per heavy atom. The topological polar surface area (TPSA) is 64.0 Å². The minimum Gasteiger partial charge on any atom is -0.289 e. The summed E-state index contributed by atoms with van der Waals surface area (Å²) in [6.07, 6.45) is -2.75. The Bertz CT molecular complexity index is 1130. The molecule has 12 heteroatoms. The van der Waals surface area contributed by atoms with Crippen LogP contribution < -0.4 is 4.72 Å². The van der Waals surface area contributed by atoms with Gasteiger partial charge in [0.15, 0.2) is 10.8 Å². The molecule has 0 fully saturated rings. The lowest BCUT2D eigenvalue weighted by Gasteiger charge is -2.14. The fourth-order valence-corrected chi connectivity index (χ4v) is 4.32. The Balaban J connectivity index is 2.02. The van der Waals surface area contributed by atoms with E-state index in [1.807, 2.05) is 0 Å². The van der Waals surface area contributed by atoms with Gasteiger partial charge in [-0.1, -0.05) is 34.8 Å². The third-order valence-electron chi connectivity index (χ3n) is 3.48. The first-order valence-corrected chi connectivity index (χ1v) is 9.98. The van der Waals surface area contributed by atoms with E-state index in [9.17, 15) is 21.6 Å². The summed E-state index contributed by atoms with van der Waals surface area (Å²) in [5.74, 6) is -0.177. The van der Waals surface area contributed by atoms with Gasteiger partial charge in [-0.25, -0.2) is 4.98 Å². The number of rotatable bonds is 4. The molecule has 0 aliphatic heterocycles. The maximum Gasteiger partial charge on any atom is 0.417 e. The van der Waals surface area contributed by atoms with E-state index in [4.69, 9.17) is 34.8 Å². The highest BCUT2D eigenvalue weighted by Gasteiger charge is 2.32. The minimum atomic E-state index is -4.63. The number of hydrogen-bond donors (Lipinski definition) is 1. The largest absolute Gasteiger partial charge is 0.417 e. The summed E-state index contributed by atoms with van der Waals surface area (Å²) in [7, 11) is -4.16. The molecule has 0 unspecified atom stereocenters. The summed E-state index contributed by atoms with van der Waals surface area (Å²) in [5, 5.41) is -0.230. The van der Waals surface area contributed by atoms with Crippen LogP contribution >= 0.6 is 34.8 Å². The van der Waals surface area contributed by atoms with Crippen LogP contribution in [0.15, 0.2) is 53.8 Å². The summed E-state index contributed by atoms with van der Waals surface area (Å²) >= 11 is 17.6. The highest BCUT2D eigenvalue weighted by Crippen LogP contribution is 2.33. The van der Waals surface area contributed by atoms with Crippen molar-refractivity contribution >= 4 is 50.5 Å². The van der Waals surface area contributed by atoms with E-state index in [-0.39, 0.29) is 31.6 Å². The van der Waals surface area contributed by atoms with Crippen LogP contribution in [-0.2, 0) is 16.2 Å². The summed E-state index contributed by atoms with van der Waals surface area (Å²) in [5.41, 5.74) is -0.943. The van der Waals surface area contributed by atoms with Crippen LogP contribution in [0.3, 0.4) is 0 Å². The Kier molecular flexibility index (Phi) is 5.55. The molecule has 2 aromatic heterocycles. The summed E-state index contributed by atoms with van der Waals surface area (Å²) in [6, 6.07) is 7.42. The van der Waals surface area contributed by atoms with Crippen LogP contribution in [0.1, 0.15) is 5.56 Å². The first-order valence-electron chi connectivity index (χ1n) is 7.37. The van der Waals surface area contributed by atoms with Crippen molar-refractivity contribution in [2.75, 3.05) is 4.72 Å². The van der Waals surface area contributed by atoms with Crippen molar-refractivity contribution in [3.63, 3.8) is 0 Å². The number of nitrogens with zero attached hydrogens (tertiary/aromatic N) is 2. The second kappa shape index (κ2) is 7.47. The number of sulfonamides is 1. The van der Waals surface area contributed by atoms with Gasteiger partial charge in [-0.15, -0.1) is 0 Å². The fourth-order valence-electron chi connectivity index (χ4n) is 2.34. The van der Waals surface area contributed by atoms with E-state index >= 15 is 0 Å². The van der Waals surface area contributed by atoms with E-state index in [1.165, 1.54) is 36.5 Å². The minimum absolute atomic E-state index is 0.108. The Labute approximate surface area is 172 Å². The van der Waals surface area contributed by atoms with Crippen molar-refractivity contribution in [3.8, 4) is 5.82 Å². The van der Waals surface area contributed by atoms with Gasteiger partial charge >= 0.3 is 6.18 Å². The fraction of sp³-hybridized carbons (Fsp3) is 0.0625. The second-order valence-corrected chi connectivity index (χ2v) is 8.42. The number of nitrogens with one attached hydrogen (secondary N) is 1. The van der Waals surface area contributed by atoms with Crippen LogP contribution in [0.25, 0.3) is 5.82 Å². The molecule has 0 bridgehead atoms. The number of pyridine rings is 1. The van der Waals surface area contributed by atoms with E-state index < -0.39 is 21.8 Å². The molecule has 3 aromatic rings. The first-order chi connectivity index (χ1) is 13.0. The maximum absolute atomic E-state index is 12.8. The van der Waals surface area contributed by atoms with Crippen molar-refractivity contribution < 1.29 is 21.6 Å². The van der Waals surface area contributed by atoms with Crippen LogP contribution in [0.5, 0.6) is 0 Å². The smallest absolute Gasteiger partial charge is 0.289 e. The number of benzene rings is 1. The zero-order valence-electron chi connectivity index (χ0n) is 13.5. The van der Waals surface area contributed by atoms with Gasteiger partial charge in [-0.2, -0.15) is 21.6 Å². The quantitative estimate of drug-likeness (QED) is 0.536. The van der Waals surface area contributed by atoms with Crippen LogP contribution in [0, 0.1) is 0 Å². The Hall–Kier alpha value is -1.94. The van der Waals surface area contributed by atoms with E-state index in [0.29, 0.717) is 12.3 Å². The Morgan fingerprint density at radius 2 is 1.68 bits per heavy atom. The van der Waals surface area contributed by atoms with E-state index in [1.54, 1.807) is 0 Å². The van der Waals surface area contributed by atoms with Crippen molar-refractivity contribution in [1.29, 1.82) is 0 Å². The lowest BCUT2D eigenvalue weighted by atomic mass is 10.3. The third-order valence-corrected chi connectivity index (χ3v) is 5.58. The van der Waals surface area contributed by atoms with Gasteiger partial charge in [0.05, 0.1) is 16.3 Å². The molecule has 0 aliphatic carbocycles. The molecule has 1 aromatic carbocycles. The molecule has 5 nitrogen and oxygen atoms in total. The predicted molar refractivity (Wildman–Crippen MR) is 101 cm³/mol. The highest BCUT2D eigenvalue weighted by atomic mass is 35.5. The van der Waals surface area contributed by atoms with Crippen molar-refractivity contribution in [3.05, 3.63) is 69.4 Å². The molecule has 0 saturated carbocycles. The third kappa shape index (κ3) is 4.38. The van der Waals surface area contributed by atoms with Crippen molar-refractivity contribution in [2.24, 2.45) is 0 Å². The molecule has 148 valence electrons. The maximum atomic E-state index is 12.8. The molecule has 0 aliphatic rings. The van der Waals surface area contributed by atoms with Crippen LogP contribution in [-0.4, -0.2) is 18.0 Å². The van der Waals surface area contributed by atoms with Gasteiger partial charge < -0.3 is 0 Å². The second-order valence-electron chi connectivity index (χ2n) is 5.51. The van der Waals surface area contributed by atoms with Gasteiger partial charge in [0.25, 0.3) is 10.0 Å². The molecular formula is C16H9Cl3F3N3O2S. The number of halogens is 6. The number of anilines is 1. The number of aromatic nitrogens is 2. The predicted octanol–water partition coefficient (Wildman–Crippen LogP) is 5.65. The zero-order chi connectivity index (χ0) is 20.7. The number of hydrogen-bond acceptors (Lipinski definition) is 3. The molecular weight excluding hydrogens is 462 g/mol. The lowest BCUT2D eigenvalue weighted by molar-refractivity contribution is -0.137. The lowest BCUT2D eigenvalue weighted by Crippen LogP contribution is -2.17. The van der Waals surface area contributed by atoms with Gasteiger partial charge in [0, 0.05) is 22.4 Å². The number of alkyl halides is 3. The van der Waals surface area contributed by atoms with Crippen molar-refractivity contribution in [1.82, 2.24) is 9.55 Å². The normalized spacial score (nSPS) is 12.2. The molecule has 0 radical (unpaired) electrons. The van der Waals surface area contributed by atoms with Crippen molar-refractivity contribution in [2.45, 2.75) is 11.2 Å². The van der Waals surface area contributed by atoms with Crippen LogP contribution in [0.2, 0.25) is 15.1 Å². The molecule has 0 spiro atoms. The van der Waals surface area contributed by atoms with Crippen LogP contribution in [0.4, 0.5) is 18.9 Å². The van der Waals surface area contributed by atoms with E-state index in [2.05, 4.69) is 9.71 Å². The molecule has 0 atom stereocenters. The van der Waals surface area contributed by atoms with Gasteiger partial charge in [-0.05, 0) is 36.4 Å². The van der Waals surface area contributed by atoms with E-state index in [0.717, 1.165) is 4.57 Å². The van der Waals surface area contributed by atoms with Gasteiger partial charge in [0.2, 0.25) is 0 Å². The molecule has 0 amide bonds. The molecule has 0 saturated heterocycles. The Morgan fingerprint density at radius 1 is 1.04 bits per heavy atom. The summed E-state index contributed by atoms with van der Waals surface area (Å²) in [4.78, 5) is 3.67. The molecule has 28 heavy (non-hydrogen) atoms. The zero-order valence-corrected chi connectivity index (χ0v) is 16.6. The average molecular weight is 471 g/mol. The highest BCUT2D eigenvalue weighted by molar-refractivity contribution is 7.92. The SMILES string of the molecule is O=S(=O)(Nc1cc(Cl)cc(Cl)c1)c1cccn1-c1ncc(C(F)(F)F)cc1Cl. The molecule has 3 rings (SSSR count). The standard InChI is InChI=1S/C16H9Cl3F3N3O2S/c17-10-5-11(18)7-12(6-10)24-28(26,27)14-2-1-3-25(14)15-13(19)4-9(8-23-15)16(20,21)22/h1-8,24H. The van der Waals surface area contributed by atoms with Gasteiger partial charge in [-0.3, -0.25) is 9.29 Å². The first kappa shape index (κ1) is 20.8. The average Bonchev–Trinajstić information content (AvgIpc) is 3.02. The molecule has 1 N–H and O–H groups in total. The summed E-state index contributed by atoms with van der Waals surface area (Å²) in [6.45, 7) is 0.